The van der Waals surface area contributed by atoms with Crippen LogP contribution in [0.2, 0.25) is 0 Å². The largest absolute Gasteiger partial charge is 0.857 e. The van der Waals surface area contributed by atoms with Gasteiger partial charge in [-0.2, -0.15) is 8.78 Å². The normalized spacial score (nSPS) is 24.7. The van der Waals surface area contributed by atoms with E-state index in [1.54, 1.807) is 12.1 Å². The zero-order valence-corrected chi connectivity index (χ0v) is 14.9. The van der Waals surface area contributed by atoms with Gasteiger partial charge in [-0.15, -0.1) is 0 Å². The lowest BCUT2D eigenvalue weighted by atomic mass is 9.95. The maximum absolute atomic E-state index is 14.5. The Labute approximate surface area is 151 Å². The molecule has 2 aliphatic carbocycles. The van der Waals surface area contributed by atoms with Gasteiger partial charge in [-0.3, -0.25) is 4.98 Å². The highest BCUT2D eigenvalue weighted by atomic mass is 19.3. The van der Waals surface area contributed by atoms with Gasteiger partial charge >= 0.3 is 0 Å². The van der Waals surface area contributed by atoms with Gasteiger partial charge in [0.05, 0.1) is 18.1 Å². The third-order valence-corrected chi connectivity index (χ3v) is 5.99. The maximum Gasteiger partial charge on any atom is 0.290 e. The minimum Gasteiger partial charge on any atom is -0.857 e. The van der Waals surface area contributed by atoms with Crippen molar-refractivity contribution < 1.29 is 18.6 Å². The number of fused-ring (bicyclic) bond motifs is 2. The summed E-state index contributed by atoms with van der Waals surface area (Å²) >= 11 is 0. The van der Waals surface area contributed by atoms with Crippen LogP contribution in [0.25, 0.3) is 11.0 Å². The van der Waals surface area contributed by atoms with E-state index in [4.69, 9.17) is 4.74 Å². The standard InChI is InChI=1S/C20H24F2N2O2/c1-26-14-7-8-16-17(11-14)24-19(25)18(23-16)20(21,22)9-3-2-4-12-5-6-13-10-15(12)13/h7-8,11-13,15H,2-6,9-10H2,1H3,(H,24,25)/p-1/t12-,13?,15?/m0/s1. The maximum atomic E-state index is 14.5. The summed E-state index contributed by atoms with van der Waals surface area (Å²) in [7, 11) is 1.49. The van der Waals surface area contributed by atoms with Crippen molar-refractivity contribution in [1.29, 1.82) is 0 Å². The molecule has 0 saturated heterocycles. The smallest absolute Gasteiger partial charge is 0.290 e. The number of aromatic nitrogens is 2. The molecule has 1 aromatic heterocycles. The molecule has 0 amide bonds. The van der Waals surface area contributed by atoms with Gasteiger partial charge < -0.3 is 9.84 Å². The summed E-state index contributed by atoms with van der Waals surface area (Å²) in [5.41, 5.74) is -0.182. The molecule has 2 aromatic rings. The van der Waals surface area contributed by atoms with Crippen LogP contribution in [0.15, 0.2) is 18.2 Å². The zero-order valence-electron chi connectivity index (χ0n) is 14.9. The van der Waals surface area contributed by atoms with E-state index in [1.807, 2.05) is 0 Å². The summed E-state index contributed by atoms with van der Waals surface area (Å²) in [6.07, 6.45) is 5.80. The van der Waals surface area contributed by atoms with Crippen molar-refractivity contribution in [2.45, 2.75) is 50.9 Å². The molecule has 1 heterocycles. The number of unbranched alkanes of at least 4 members (excludes halogenated alkanes) is 1. The van der Waals surface area contributed by atoms with Crippen LogP contribution >= 0.6 is 0 Å². The first kappa shape index (κ1) is 17.4. The number of nitrogens with zero attached hydrogens (tertiary/aromatic N) is 2. The van der Waals surface area contributed by atoms with E-state index in [0.29, 0.717) is 12.2 Å². The highest BCUT2D eigenvalue weighted by molar-refractivity contribution is 5.76. The van der Waals surface area contributed by atoms with Crippen molar-refractivity contribution in [3.63, 3.8) is 0 Å². The van der Waals surface area contributed by atoms with Crippen molar-refractivity contribution in [3.8, 4) is 11.6 Å². The van der Waals surface area contributed by atoms with E-state index in [1.165, 1.54) is 32.4 Å². The molecule has 1 aromatic carbocycles. The summed E-state index contributed by atoms with van der Waals surface area (Å²) in [4.78, 5) is 7.70. The van der Waals surface area contributed by atoms with Crippen LogP contribution in [0.5, 0.6) is 11.6 Å². The van der Waals surface area contributed by atoms with E-state index in [-0.39, 0.29) is 17.5 Å². The third-order valence-electron chi connectivity index (χ3n) is 5.99. The molecular weight excluding hydrogens is 338 g/mol. The van der Waals surface area contributed by atoms with Gasteiger partial charge in [0, 0.05) is 18.4 Å². The first-order valence-electron chi connectivity index (χ1n) is 9.39. The van der Waals surface area contributed by atoms with Gasteiger partial charge in [0.25, 0.3) is 5.92 Å². The fraction of sp³-hybridized carbons (Fsp3) is 0.600. The molecule has 3 atom stereocenters. The summed E-state index contributed by atoms with van der Waals surface area (Å²) in [6.45, 7) is 0. The minimum absolute atomic E-state index is 0.272. The average Bonchev–Trinajstić information content (AvgIpc) is 3.30. The van der Waals surface area contributed by atoms with Gasteiger partial charge in [-0.1, -0.05) is 12.8 Å². The van der Waals surface area contributed by atoms with Gasteiger partial charge in [-0.25, -0.2) is 4.98 Å². The van der Waals surface area contributed by atoms with Crippen molar-refractivity contribution >= 4 is 11.0 Å². The van der Waals surface area contributed by atoms with Gasteiger partial charge in [0.15, 0.2) is 0 Å². The Kier molecular flexibility index (Phi) is 4.45. The molecule has 2 saturated carbocycles. The number of ether oxygens (including phenoxy) is 1. The van der Waals surface area contributed by atoms with E-state index in [2.05, 4.69) is 9.97 Å². The molecule has 140 valence electrons. The molecule has 2 unspecified atom stereocenters. The Bertz CT molecular complexity index is 812. The third kappa shape index (κ3) is 3.33. The van der Waals surface area contributed by atoms with Crippen molar-refractivity contribution in [3.05, 3.63) is 23.9 Å². The van der Waals surface area contributed by atoms with E-state index >= 15 is 0 Å². The summed E-state index contributed by atoms with van der Waals surface area (Å²) < 4.78 is 34.2. The fourth-order valence-corrected chi connectivity index (χ4v) is 4.44. The summed E-state index contributed by atoms with van der Waals surface area (Å²) in [5, 5.41) is 12.1. The molecule has 2 aliphatic rings. The molecule has 0 N–H and O–H groups in total. The van der Waals surface area contributed by atoms with Crippen molar-refractivity contribution in [2.75, 3.05) is 7.11 Å². The van der Waals surface area contributed by atoms with Crippen LogP contribution < -0.4 is 9.84 Å². The first-order chi connectivity index (χ1) is 12.5. The average molecular weight is 361 g/mol. The van der Waals surface area contributed by atoms with Crippen LogP contribution in [0.1, 0.15) is 50.6 Å². The predicted molar refractivity (Wildman–Crippen MR) is 92.2 cm³/mol. The number of benzene rings is 1. The lowest BCUT2D eigenvalue weighted by Crippen LogP contribution is -2.19. The topological polar surface area (TPSA) is 58.1 Å². The lowest BCUT2D eigenvalue weighted by molar-refractivity contribution is -0.279. The second-order valence-corrected chi connectivity index (χ2v) is 7.68. The SMILES string of the molecule is COc1ccc2nc(C(F)(F)CCCC[C@H]3CCC4CC43)c([O-])nc2c1. The number of methoxy groups -OCH3 is 1. The van der Waals surface area contributed by atoms with E-state index in [9.17, 15) is 13.9 Å². The second-order valence-electron chi connectivity index (χ2n) is 7.68. The highest BCUT2D eigenvalue weighted by Gasteiger charge is 2.47. The number of hydrogen-bond donors (Lipinski definition) is 0. The van der Waals surface area contributed by atoms with E-state index < -0.39 is 17.5 Å². The number of hydrogen-bond acceptors (Lipinski definition) is 4. The quantitative estimate of drug-likeness (QED) is 0.686. The van der Waals surface area contributed by atoms with Crippen LogP contribution in [0.3, 0.4) is 0 Å². The lowest BCUT2D eigenvalue weighted by Gasteiger charge is -2.21. The monoisotopic (exact) mass is 361 g/mol. The Balaban J connectivity index is 1.41. The Morgan fingerprint density at radius 1 is 1.19 bits per heavy atom. The van der Waals surface area contributed by atoms with Crippen molar-refractivity contribution in [1.82, 2.24) is 9.97 Å². The van der Waals surface area contributed by atoms with Crippen LogP contribution in [0, 0.1) is 17.8 Å². The number of alkyl halides is 2. The fourth-order valence-electron chi connectivity index (χ4n) is 4.44. The number of halogens is 2. The molecular formula is C20H23F2N2O2-. The molecule has 0 radical (unpaired) electrons. The second kappa shape index (κ2) is 6.63. The Morgan fingerprint density at radius 2 is 2.04 bits per heavy atom. The van der Waals surface area contributed by atoms with Crippen LogP contribution in [0.4, 0.5) is 8.78 Å². The first-order valence-corrected chi connectivity index (χ1v) is 9.39. The molecule has 4 nitrogen and oxygen atoms in total. The molecule has 0 spiro atoms. The van der Waals surface area contributed by atoms with Crippen molar-refractivity contribution in [2.24, 2.45) is 17.8 Å². The Morgan fingerprint density at radius 3 is 2.73 bits per heavy atom. The summed E-state index contributed by atoms with van der Waals surface area (Å²) in [5.74, 6) is -1.15. The van der Waals surface area contributed by atoms with Gasteiger partial charge in [0.1, 0.15) is 11.4 Å². The molecule has 26 heavy (non-hydrogen) atoms. The molecule has 2 fully saturated rings. The summed E-state index contributed by atoms with van der Waals surface area (Å²) in [6, 6.07) is 4.70. The van der Waals surface area contributed by atoms with Crippen LogP contribution in [-0.2, 0) is 5.92 Å². The molecule has 6 heteroatoms. The highest BCUT2D eigenvalue weighted by Crippen LogP contribution is 2.56. The Hall–Kier alpha value is -1.98. The minimum atomic E-state index is -3.24. The zero-order chi connectivity index (χ0) is 18.3. The van der Waals surface area contributed by atoms with Crippen LogP contribution in [-0.4, -0.2) is 17.1 Å². The molecule has 4 rings (SSSR count). The van der Waals surface area contributed by atoms with Gasteiger partial charge in [-0.05, 0) is 55.6 Å². The van der Waals surface area contributed by atoms with Gasteiger partial charge in [0.2, 0.25) is 0 Å². The molecule has 0 aliphatic heterocycles. The number of rotatable bonds is 7. The predicted octanol–water partition coefficient (Wildman–Crippen LogP) is 4.41. The van der Waals surface area contributed by atoms with E-state index in [0.717, 1.165) is 30.6 Å². The molecule has 0 bridgehead atoms.